The van der Waals surface area contributed by atoms with Crippen molar-refractivity contribution < 1.29 is 19.5 Å². The van der Waals surface area contributed by atoms with Gasteiger partial charge in [0.05, 0.1) is 23.1 Å². The zero-order valence-corrected chi connectivity index (χ0v) is 14.2. The van der Waals surface area contributed by atoms with Gasteiger partial charge < -0.3 is 5.11 Å². The molecule has 2 fully saturated rings. The molecule has 0 bridgehead atoms. The van der Waals surface area contributed by atoms with E-state index >= 15 is 0 Å². The van der Waals surface area contributed by atoms with Crippen molar-refractivity contribution in [3.05, 3.63) is 65.7 Å². The molecule has 1 N–H and O–H groups in total. The Kier molecular flexibility index (Phi) is 4.07. The van der Waals surface area contributed by atoms with Gasteiger partial charge in [-0.25, -0.2) is 4.79 Å². The van der Waals surface area contributed by atoms with Crippen molar-refractivity contribution >= 4 is 23.5 Å². The van der Waals surface area contributed by atoms with Crippen molar-refractivity contribution in [1.29, 1.82) is 0 Å². The van der Waals surface area contributed by atoms with E-state index in [9.17, 15) is 14.4 Å². The van der Waals surface area contributed by atoms with Crippen molar-refractivity contribution in [2.75, 3.05) is 4.90 Å². The second kappa shape index (κ2) is 6.41. The fraction of sp³-hybridized carbons (Fsp3) is 0.286. The van der Waals surface area contributed by atoms with Gasteiger partial charge >= 0.3 is 5.97 Å². The van der Waals surface area contributed by atoms with Gasteiger partial charge in [0, 0.05) is 0 Å². The van der Waals surface area contributed by atoms with Gasteiger partial charge in [0.25, 0.3) is 0 Å². The average Bonchev–Trinajstić information content (AvgIpc) is 2.92. The fourth-order valence-corrected chi connectivity index (χ4v) is 4.24. The van der Waals surface area contributed by atoms with Gasteiger partial charge in [0.1, 0.15) is 0 Å². The standard InChI is InChI=1S/C21H19NO4/c23-19-17-10-9-14(13-5-2-1-3-6-13)12-18(17)20(24)22(19)16-8-4-7-15(11-16)21(25)26/h1-8,11,14,17-18H,9-10,12H2,(H,25,26)/t14-,17+,18-/m0/s1. The van der Waals surface area contributed by atoms with Crippen molar-refractivity contribution in [2.24, 2.45) is 11.8 Å². The molecule has 0 spiro atoms. The van der Waals surface area contributed by atoms with Crippen LogP contribution in [-0.4, -0.2) is 22.9 Å². The third-order valence-electron chi connectivity index (χ3n) is 5.55. The summed E-state index contributed by atoms with van der Waals surface area (Å²) in [6.07, 6.45) is 2.23. The summed E-state index contributed by atoms with van der Waals surface area (Å²) in [7, 11) is 0. The Labute approximate surface area is 151 Å². The van der Waals surface area contributed by atoms with Gasteiger partial charge in [0.15, 0.2) is 0 Å². The molecule has 1 saturated carbocycles. The highest BCUT2D eigenvalue weighted by Crippen LogP contribution is 2.45. The van der Waals surface area contributed by atoms with Crippen LogP contribution in [0.5, 0.6) is 0 Å². The number of fused-ring (bicyclic) bond motifs is 1. The summed E-state index contributed by atoms with van der Waals surface area (Å²) >= 11 is 0. The second-order valence-corrected chi connectivity index (χ2v) is 7.00. The SMILES string of the molecule is O=C(O)c1cccc(N2C(=O)[C@H]3C[C@@H](c4ccccc4)CC[C@H]3C2=O)c1. The first kappa shape index (κ1) is 16.5. The zero-order valence-electron chi connectivity index (χ0n) is 14.2. The first-order valence-electron chi connectivity index (χ1n) is 8.82. The minimum Gasteiger partial charge on any atom is -0.478 e. The summed E-state index contributed by atoms with van der Waals surface area (Å²) in [6.45, 7) is 0. The highest BCUT2D eigenvalue weighted by atomic mass is 16.4. The number of aromatic carboxylic acids is 1. The van der Waals surface area contributed by atoms with Gasteiger partial charge in [-0.2, -0.15) is 0 Å². The summed E-state index contributed by atoms with van der Waals surface area (Å²) in [5, 5.41) is 9.16. The molecule has 3 atom stereocenters. The van der Waals surface area contributed by atoms with E-state index in [-0.39, 0.29) is 35.1 Å². The number of benzene rings is 2. The van der Waals surface area contributed by atoms with Crippen molar-refractivity contribution in [2.45, 2.75) is 25.2 Å². The minimum atomic E-state index is -1.08. The van der Waals surface area contributed by atoms with E-state index in [0.717, 1.165) is 6.42 Å². The molecule has 26 heavy (non-hydrogen) atoms. The molecule has 2 aromatic carbocycles. The van der Waals surface area contributed by atoms with Crippen LogP contribution in [0.4, 0.5) is 5.69 Å². The van der Waals surface area contributed by atoms with Crippen LogP contribution in [-0.2, 0) is 9.59 Å². The maximum absolute atomic E-state index is 13.0. The van der Waals surface area contributed by atoms with E-state index in [2.05, 4.69) is 12.1 Å². The molecule has 2 aliphatic rings. The Balaban J connectivity index is 1.61. The number of hydrogen-bond acceptors (Lipinski definition) is 3. The molecular weight excluding hydrogens is 330 g/mol. The molecule has 2 aromatic rings. The van der Waals surface area contributed by atoms with E-state index in [4.69, 9.17) is 5.11 Å². The van der Waals surface area contributed by atoms with E-state index in [0.29, 0.717) is 18.5 Å². The molecule has 1 heterocycles. The Morgan fingerprint density at radius 2 is 1.65 bits per heavy atom. The number of nitrogens with zero attached hydrogens (tertiary/aromatic N) is 1. The Morgan fingerprint density at radius 3 is 2.38 bits per heavy atom. The Morgan fingerprint density at radius 1 is 0.923 bits per heavy atom. The average molecular weight is 349 g/mol. The van der Waals surface area contributed by atoms with E-state index in [1.807, 2.05) is 18.2 Å². The first-order valence-corrected chi connectivity index (χ1v) is 8.82. The van der Waals surface area contributed by atoms with E-state index in [1.54, 1.807) is 12.1 Å². The van der Waals surface area contributed by atoms with Crippen LogP contribution in [0, 0.1) is 11.8 Å². The molecule has 4 rings (SSSR count). The van der Waals surface area contributed by atoms with Gasteiger partial charge in [-0.05, 0) is 48.9 Å². The van der Waals surface area contributed by atoms with Crippen LogP contribution in [0.25, 0.3) is 0 Å². The van der Waals surface area contributed by atoms with Crippen molar-refractivity contribution in [1.82, 2.24) is 0 Å². The topological polar surface area (TPSA) is 74.7 Å². The van der Waals surface area contributed by atoms with E-state index in [1.165, 1.54) is 22.6 Å². The molecule has 1 aliphatic carbocycles. The number of anilines is 1. The second-order valence-electron chi connectivity index (χ2n) is 7.00. The van der Waals surface area contributed by atoms with Crippen LogP contribution < -0.4 is 4.90 Å². The van der Waals surface area contributed by atoms with Crippen LogP contribution in [0.15, 0.2) is 54.6 Å². The van der Waals surface area contributed by atoms with Crippen LogP contribution in [0.1, 0.15) is 41.1 Å². The quantitative estimate of drug-likeness (QED) is 0.861. The zero-order chi connectivity index (χ0) is 18.3. The summed E-state index contributed by atoms with van der Waals surface area (Å²) < 4.78 is 0. The number of rotatable bonds is 3. The third-order valence-corrected chi connectivity index (χ3v) is 5.55. The highest BCUT2D eigenvalue weighted by Gasteiger charge is 2.50. The summed E-state index contributed by atoms with van der Waals surface area (Å²) in [4.78, 5) is 38.2. The lowest BCUT2D eigenvalue weighted by molar-refractivity contribution is -0.122. The van der Waals surface area contributed by atoms with Gasteiger partial charge in [-0.1, -0.05) is 36.4 Å². The molecule has 0 aromatic heterocycles. The number of carboxylic acids is 1. The van der Waals surface area contributed by atoms with Crippen LogP contribution in [0.3, 0.4) is 0 Å². The summed E-state index contributed by atoms with van der Waals surface area (Å²) in [5.41, 5.74) is 1.63. The normalized spacial score (nSPS) is 25.2. The lowest BCUT2D eigenvalue weighted by atomic mass is 9.73. The molecule has 5 nitrogen and oxygen atoms in total. The number of imide groups is 1. The first-order chi connectivity index (χ1) is 12.6. The summed E-state index contributed by atoms with van der Waals surface area (Å²) in [6, 6.07) is 16.1. The predicted molar refractivity (Wildman–Crippen MR) is 95.9 cm³/mol. The summed E-state index contributed by atoms with van der Waals surface area (Å²) in [5.74, 6) is -1.82. The monoisotopic (exact) mass is 349 g/mol. The lowest BCUT2D eigenvalue weighted by Gasteiger charge is -2.28. The molecule has 0 unspecified atom stereocenters. The maximum atomic E-state index is 13.0. The third kappa shape index (κ3) is 2.69. The molecule has 5 heteroatoms. The molecule has 1 aliphatic heterocycles. The number of carbonyl (C=O) groups excluding carboxylic acids is 2. The predicted octanol–water partition coefficient (Wildman–Crippen LogP) is 3.46. The van der Waals surface area contributed by atoms with Gasteiger partial charge in [-0.15, -0.1) is 0 Å². The maximum Gasteiger partial charge on any atom is 0.335 e. The van der Waals surface area contributed by atoms with E-state index < -0.39 is 5.97 Å². The Bertz CT molecular complexity index is 877. The molecule has 2 amide bonds. The largest absolute Gasteiger partial charge is 0.478 e. The molecule has 132 valence electrons. The van der Waals surface area contributed by atoms with Gasteiger partial charge in [-0.3, -0.25) is 14.5 Å². The molecular formula is C21H19NO4. The number of amides is 2. The molecule has 1 saturated heterocycles. The molecule has 0 radical (unpaired) electrons. The van der Waals surface area contributed by atoms with Crippen LogP contribution >= 0.6 is 0 Å². The number of carbonyl (C=O) groups is 3. The fourth-order valence-electron chi connectivity index (χ4n) is 4.24. The van der Waals surface area contributed by atoms with Crippen molar-refractivity contribution in [3.63, 3.8) is 0 Å². The lowest BCUT2D eigenvalue weighted by Crippen LogP contribution is -2.31. The van der Waals surface area contributed by atoms with Crippen LogP contribution in [0.2, 0.25) is 0 Å². The van der Waals surface area contributed by atoms with Crippen molar-refractivity contribution in [3.8, 4) is 0 Å². The number of carboxylic acid groups (broad SMARTS) is 1. The highest BCUT2D eigenvalue weighted by molar-refractivity contribution is 6.22. The minimum absolute atomic E-state index is 0.0696. The smallest absolute Gasteiger partial charge is 0.335 e. The Hall–Kier alpha value is -2.95. The number of hydrogen-bond donors (Lipinski definition) is 1. The van der Waals surface area contributed by atoms with Gasteiger partial charge in [0.2, 0.25) is 11.8 Å².